The Bertz CT molecular complexity index is 5580. The number of ether oxygens (including phenoxy) is 2. The van der Waals surface area contributed by atoms with Gasteiger partial charge >= 0.3 is 0 Å². The lowest BCUT2D eigenvalue weighted by atomic mass is 10.1. The largest absolute Gasteiger partial charge is 0.505 e. The third-order valence-electron chi connectivity index (χ3n) is 15.3. The van der Waals surface area contributed by atoms with Crippen LogP contribution in [0.2, 0.25) is 0 Å². The fraction of sp³-hybridized carbons (Fsp3) is 0.133. The fourth-order valence-corrected chi connectivity index (χ4v) is 14.8. The van der Waals surface area contributed by atoms with Gasteiger partial charge < -0.3 is 50.8 Å². The van der Waals surface area contributed by atoms with Crippen LogP contribution in [-0.4, -0.2) is 171 Å². The minimum atomic E-state index is -5.37. The highest BCUT2D eigenvalue weighted by atomic mass is 32.2. The van der Waals surface area contributed by atoms with Crippen LogP contribution in [0.3, 0.4) is 0 Å². The second-order valence-electron chi connectivity index (χ2n) is 22.2. The van der Waals surface area contributed by atoms with E-state index in [1.807, 2.05) is 0 Å². The summed E-state index contributed by atoms with van der Waals surface area (Å²) in [5.74, 6) is -4.28. The van der Waals surface area contributed by atoms with E-state index in [1.165, 1.54) is 48.5 Å². The molecule has 104 heavy (non-hydrogen) atoms. The standard InChI is InChI=1S/C60H52N16O22S6/c77-51-47-35(29-45(101(85,86)87)49(51)73-71-37-11-3-1-4-12-37)27-39(99(79,80)81)31-43(47)63-57-65-55(67-59(69-57)75-19-23-97-24-20-75)61-41-15-7-9-33(53(41)103(91,92)93)17-18-34-10-8-16-42(54(34)104(94,95)96)62-56-66-58(70-60(68-56)76-21-25-98-26-22-76)64-44-32-40(100(82,83)84)28-36-30-46(102(88,89)90)50(52(78)48(36)44)74-72-38-13-5-2-6-14-38/h1-18,27-32,77-78H,19-26H2,(H,79,80,81)(H,82,83,84)(H,85,86,87)(H,88,89,90)(H,91,92,93)(H,94,95,96)(H2,61,63,65,67,69)(H2,62,64,66,68,70)/b18-17+,73-71?,74-72?. The van der Waals surface area contributed by atoms with Crippen LogP contribution >= 0.6 is 0 Å². The summed E-state index contributed by atoms with van der Waals surface area (Å²) >= 11 is 0. The molecule has 38 nitrogen and oxygen atoms in total. The molecule has 4 heterocycles. The predicted octanol–water partition coefficient (Wildman–Crippen LogP) is 8.90. The molecule has 2 aliphatic rings. The molecule has 2 aromatic heterocycles. The second kappa shape index (κ2) is 28.7. The Morgan fingerprint density at radius 2 is 0.712 bits per heavy atom. The van der Waals surface area contributed by atoms with Crippen LogP contribution in [0.4, 0.5) is 81.2 Å². The number of hydrogen-bond donors (Lipinski definition) is 12. The molecule has 0 saturated carbocycles. The molecule has 0 bridgehead atoms. The zero-order valence-corrected chi connectivity index (χ0v) is 57.5. The lowest BCUT2D eigenvalue weighted by Crippen LogP contribution is -2.37. The van der Waals surface area contributed by atoms with E-state index in [0.717, 1.165) is 60.7 Å². The average Bonchev–Trinajstić information content (AvgIpc) is 0.751. The number of morpholine rings is 2. The first-order valence-corrected chi connectivity index (χ1v) is 38.4. The molecule has 2 fully saturated rings. The van der Waals surface area contributed by atoms with Crippen molar-refractivity contribution in [2.24, 2.45) is 20.5 Å². The van der Waals surface area contributed by atoms with Crippen LogP contribution in [0, 0.1) is 0 Å². The number of nitrogens with one attached hydrogen (secondary N) is 4. The van der Waals surface area contributed by atoms with Crippen LogP contribution in [0.25, 0.3) is 33.7 Å². The van der Waals surface area contributed by atoms with Crippen molar-refractivity contribution in [1.82, 2.24) is 29.9 Å². The molecule has 8 aromatic carbocycles. The maximum atomic E-state index is 13.6. The van der Waals surface area contributed by atoms with Gasteiger partial charge in [-0.3, -0.25) is 27.3 Å². The maximum Gasteiger partial charge on any atom is 0.297 e. The number of aromatic nitrogens is 6. The van der Waals surface area contributed by atoms with E-state index < -0.39 is 181 Å². The Balaban J connectivity index is 0.922. The number of anilines is 10. The average molecular weight is 1540 g/mol. The first-order valence-electron chi connectivity index (χ1n) is 29.8. The van der Waals surface area contributed by atoms with Crippen LogP contribution in [-0.2, 0) is 70.2 Å². The molecule has 0 radical (unpaired) electrons. The van der Waals surface area contributed by atoms with Gasteiger partial charge in [0.25, 0.3) is 60.7 Å². The third-order valence-corrected chi connectivity index (χ3v) is 20.7. The molecule has 0 atom stereocenters. The van der Waals surface area contributed by atoms with Crippen molar-refractivity contribution < 1.29 is 97.5 Å². The second-order valence-corrected chi connectivity index (χ2v) is 30.6. The van der Waals surface area contributed by atoms with E-state index in [9.17, 15) is 88.0 Å². The summed E-state index contributed by atoms with van der Waals surface area (Å²) in [7, 11) is -31.6. The SMILES string of the molecule is O=S(=O)(O)c1cc(Nc2nc(Nc3cccc(/C=C/c4cccc(Nc5nc(Nc6cc(S(=O)(=O)O)cc7cc(S(=O)(=O)O)c(N=Nc8ccccc8)c(O)c67)nc(N6CCOCC6)n5)c4S(=O)(=O)O)c3S(=O)(=O)O)nc(N3CCOCC3)n2)c2c(O)c(N=Nc3ccccc3)c(S(=O)(=O)O)cc2c1. The van der Waals surface area contributed by atoms with Gasteiger partial charge in [0.15, 0.2) is 11.5 Å². The summed E-state index contributed by atoms with van der Waals surface area (Å²) in [6.45, 7) is 1.22. The smallest absolute Gasteiger partial charge is 0.297 e. The van der Waals surface area contributed by atoms with Crippen LogP contribution in [0.1, 0.15) is 11.1 Å². The van der Waals surface area contributed by atoms with Crippen molar-refractivity contribution in [1.29, 1.82) is 0 Å². The molecule has 0 amide bonds. The van der Waals surface area contributed by atoms with Crippen molar-refractivity contribution in [2.75, 3.05) is 83.7 Å². The summed E-state index contributed by atoms with van der Waals surface area (Å²) in [5.41, 5.74) is -3.80. The highest BCUT2D eigenvalue weighted by molar-refractivity contribution is 7.87. The minimum Gasteiger partial charge on any atom is -0.505 e. The number of azo groups is 2. The zero-order chi connectivity index (χ0) is 74.3. The Kier molecular flexibility index (Phi) is 20.1. The monoisotopic (exact) mass is 1540 g/mol. The number of benzene rings is 8. The number of fused-ring (bicyclic) bond motifs is 2. The topological polar surface area (TPSA) is 567 Å². The number of hydrogen-bond acceptors (Lipinski definition) is 32. The molecule has 10 aromatic rings. The summed E-state index contributed by atoms with van der Waals surface area (Å²) in [4.78, 5) is 24.3. The van der Waals surface area contributed by atoms with Crippen molar-refractivity contribution in [2.45, 2.75) is 29.4 Å². The predicted molar refractivity (Wildman–Crippen MR) is 372 cm³/mol. The van der Waals surface area contributed by atoms with Gasteiger partial charge in [0, 0.05) is 37.0 Å². The molecule has 0 unspecified atom stereocenters. The van der Waals surface area contributed by atoms with E-state index in [1.54, 1.807) is 46.2 Å². The van der Waals surface area contributed by atoms with E-state index in [-0.39, 0.29) is 87.0 Å². The number of aromatic hydroxyl groups is 2. The Morgan fingerprint density at radius 1 is 0.375 bits per heavy atom. The molecule has 2 saturated heterocycles. The van der Waals surface area contributed by atoms with E-state index in [0.29, 0.717) is 0 Å². The lowest BCUT2D eigenvalue weighted by molar-refractivity contribution is 0.122. The van der Waals surface area contributed by atoms with Gasteiger partial charge in [0.2, 0.25) is 35.7 Å². The highest BCUT2D eigenvalue weighted by Crippen LogP contribution is 2.48. The minimum absolute atomic E-state index is 0.146. The van der Waals surface area contributed by atoms with Gasteiger partial charge in [0.1, 0.15) is 31.0 Å². The van der Waals surface area contributed by atoms with E-state index >= 15 is 0 Å². The van der Waals surface area contributed by atoms with E-state index in [4.69, 9.17) is 9.47 Å². The Hall–Kier alpha value is -11.0. The Labute approximate surface area is 589 Å². The lowest BCUT2D eigenvalue weighted by Gasteiger charge is -2.27. The highest BCUT2D eigenvalue weighted by Gasteiger charge is 2.31. The number of rotatable bonds is 22. The van der Waals surface area contributed by atoms with Gasteiger partial charge in [-0.1, -0.05) is 72.8 Å². The molecule has 2 aliphatic heterocycles. The molecule has 12 N–H and O–H groups in total. The molecule has 540 valence electrons. The zero-order valence-electron chi connectivity index (χ0n) is 52.6. The number of nitrogens with zero attached hydrogens (tertiary/aromatic N) is 12. The third kappa shape index (κ3) is 16.4. The molecular formula is C60H52N16O22S6. The van der Waals surface area contributed by atoms with Crippen molar-refractivity contribution in [3.8, 4) is 11.5 Å². The van der Waals surface area contributed by atoms with Crippen LogP contribution in [0.15, 0.2) is 183 Å². The van der Waals surface area contributed by atoms with Crippen LogP contribution in [0.5, 0.6) is 11.5 Å². The normalized spacial score (nSPS) is 14.4. The van der Waals surface area contributed by atoms with Gasteiger partial charge in [-0.25, -0.2) is 0 Å². The van der Waals surface area contributed by atoms with Gasteiger partial charge in [-0.15, -0.1) is 10.2 Å². The molecule has 12 rings (SSSR count). The van der Waals surface area contributed by atoms with E-state index in [2.05, 4.69) is 71.6 Å². The van der Waals surface area contributed by atoms with Gasteiger partial charge in [0.05, 0.1) is 70.3 Å². The summed E-state index contributed by atoms with van der Waals surface area (Å²) in [5, 5.41) is 48.8. The van der Waals surface area contributed by atoms with Crippen molar-refractivity contribution in [3.63, 3.8) is 0 Å². The molecule has 44 heteroatoms. The summed E-state index contributed by atoms with van der Waals surface area (Å²) in [6, 6.07) is 27.5. The maximum absolute atomic E-state index is 13.6. The van der Waals surface area contributed by atoms with Crippen molar-refractivity contribution >= 4 is 176 Å². The van der Waals surface area contributed by atoms with Crippen LogP contribution < -0.4 is 31.1 Å². The quantitative estimate of drug-likeness (QED) is 0.0171. The number of phenolic OH excluding ortho intramolecular Hbond substituents is 2. The summed E-state index contributed by atoms with van der Waals surface area (Å²) < 4.78 is 231. The van der Waals surface area contributed by atoms with Gasteiger partial charge in [-0.2, -0.15) is 90.6 Å². The number of phenols is 2. The Morgan fingerprint density at radius 3 is 1.03 bits per heavy atom. The summed E-state index contributed by atoms with van der Waals surface area (Å²) in [6.07, 6.45) is 2.08. The molecular weight excluding hydrogens is 1490 g/mol. The van der Waals surface area contributed by atoms with Crippen molar-refractivity contribution in [3.05, 3.63) is 145 Å². The first-order chi connectivity index (χ1) is 49.1. The molecule has 0 aliphatic carbocycles. The first kappa shape index (κ1) is 72.8. The molecule has 0 spiro atoms. The fourth-order valence-electron chi connectivity index (χ4n) is 10.8. The van der Waals surface area contributed by atoms with Gasteiger partial charge in [-0.05, 0) is 94.7 Å².